The second-order valence-corrected chi connectivity index (χ2v) is 5.68. The van der Waals surface area contributed by atoms with Crippen LogP contribution in [0.25, 0.3) is 0 Å². The molecule has 0 aliphatic carbocycles. The predicted octanol–water partition coefficient (Wildman–Crippen LogP) is 2.64. The molecule has 0 spiro atoms. The van der Waals surface area contributed by atoms with Crippen molar-refractivity contribution in [2.24, 2.45) is 0 Å². The molecule has 1 aliphatic rings. The number of nitrogens with one attached hydrogen (secondary N) is 1. The quantitative estimate of drug-likeness (QED) is 0.674. The van der Waals surface area contributed by atoms with Crippen LogP contribution in [-0.4, -0.2) is 33.8 Å². The van der Waals surface area contributed by atoms with E-state index in [1.54, 1.807) is 0 Å². The number of aromatic nitrogens is 2. The Morgan fingerprint density at radius 3 is 3.12 bits per heavy atom. The monoisotopic (exact) mass is 271 g/mol. The molecule has 2 heterocycles. The second-order valence-electron chi connectivity index (χ2n) is 3.91. The molecule has 0 aromatic carbocycles. The zero-order valence-electron chi connectivity index (χ0n) is 9.36. The van der Waals surface area contributed by atoms with Gasteiger partial charge >= 0.3 is 0 Å². The molecule has 0 bridgehead atoms. The number of anilines is 1. The number of nitrogens with zero attached hydrogens (tertiary/aromatic N) is 2. The maximum atomic E-state index is 10.9. The fourth-order valence-corrected chi connectivity index (χ4v) is 3.21. The predicted molar refractivity (Wildman–Crippen MR) is 71.0 cm³/mol. The second kappa shape index (κ2) is 6.21. The molecule has 1 aliphatic heterocycles. The smallest absolute Gasteiger partial charge is 0.156 e. The van der Waals surface area contributed by atoms with Gasteiger partial charge in [-0.05, 0) is 18.6 Å². The molecule has 1 aromatic rings. The van der Waals surface area contributed by atoms with Crippen LogP contribution >= 0.6 is 23.4 Å². The summed E-state index contributed by atoms with van der Waals surface area (Å²) in [5.74, 6) is 1.75. The van der Waals surface area contributed by atoms with E-state index < -0.39 is 0 Å². The minimum absolute atomic E-state index is 0.203. The first-order valence-corrected chi connectivity index (χ1v) is 7.05. The van der Waals surface area contributed by atoms with Crippen LogP contribution in [-0.2, 0) is 0 Å². The Morgan fingerprint density at radius 1 is 1.53 bits per heavy atom. The molecule has 4 nitrogen and oxygen atoms in total. The third kappa shape index (κ3) is 3.33. The number of carbonyl (C=O) groups is 1. The molecule has 0 amide bonds. The highest BCUT2D eigenvalue weighted by Crippen LogP contribution is 2.25. The van der Waals surface area contributed by atoms with Gasteiger partial charge in [-0.15, -0.1) is 0 Å². The van der Waals surface area contributed by atoms with Gasteiger partial charge in [-0.3, -0.25) is 4.79 Å². The van der Waals surface area contributed by atoms with Crippen LogP contribution in [0.4, 0.5) is 5.82 Å². The number of carbonyl (C=O) groups excluding carboxylic acids is 1. The lowest BCUT2D eigenvalue weighted by molar-refractivity contribution is 0.112. The van der Waals surface area contributed by atoms with Crippen LogP contribution in [0, 0.1) is 0 Å². The van der Waals surface area contributed by atoms with Gasteiger partial charge in [0.2, 0.25) is 0 Å². The lowest BCUT2D eigenvalue weighted by atomic mass is 10.2. The largest absolute Gasteiger partial charge is 0.368 e. The first-order chi connectivity index (χ1) is 8.31. The topological polar surface area (TPSA) is 54.9 Å². The minimum Gasteiger partial charge on any atom is -0.368 e. The van der Waals surface area contributed by atoms with E-state index in [0.717, 1.165) is 6.54 Å². The average molecular weight is 272 g/mol. The zero-order valence-corrected chi connectivity index (χ0v) is 10.9. The molecule has 1 unspecified atom stereocenters. The average Bonchev–Trinajstić information content (AvgIpc) is 2.37. The van der Waals surface area contributed by atoms with E-state index in [9.17, 15) is 4.79 Å². The Bertz CT molecular complexity index is 396. The van der Waals surface area contributed by atoms with Crippen LogP contribution in [0.1, 0.15) is 29.6 Å². The van der Waals surface area contributed by atoms with E-state index in [-0.39, 0.29) is 5.15 Å². The Labute approximate surface area is 110 Å². The molecular weight excluding hydrogens is 258 g/mol. The lowest BCUT2D eigenvalue weighted by Gasteiger charge is -2.21. The summed E-state index contributed by atoms with van der Waals surface area (Å²) in [4.78, 5) is 18.7. The molecule has 1 saturated heterocycles. The van der Waals surface area contributed by atoms with E-state index in [0.29, 0.717) is 22.9 Å². The summed E-state index contributed by atoms with van der Waals surface area (Å²) in [5, 5.41) is 3.98. The Hall–Kier alpha value is -0.810. The summed E-state index contributed by atoms with van der Waals surface area (Å²) in [7, 11) is 0. The van der Waals surface area contributed by atoms with Crippen LogP contribution < -0.4 is 5.32 Å². The first-order valence-electron chi connectivity index (χ1n) is 5.62. The molecule has 92 valence electrons. The molecule has 1 aromatic heterocycles. The highest BCUT2D eigenvalue weighted by molar-refractivity contribution is 7.99. The van der Waals surface area contributed by atoms with Crippen molar-refractivity contribution in [2.45, 2.75) is 24.5 Å². The molecule has 17 heavy (non-hydrogen) atoms. The van der Waals surface area contributed by atoms with E-state index in [1.807, 2.05) is 11.8 Å². The van der Waals surface area contributed by atoms with Crippen molar-refractivity contribution in [1.29, 1.82) is 0 Å². The van der Waals surface area contributed by atoms with E-state index in [2.05, 4.69) is 15.3 Å². The van der Waals surface area contributed by atoms with E-state index in [4.69, 9.17) is 11.6 Å². The van der Waals surface area contributed by atoms with Crippen molar-refractivity contribution < 1.29 is 4.79 Å². The van der Waals surface area contributed by atoms with Crippen LogP contribution in [0.2, 0.25) is 5.15 Å². The maximum absolute atomic E-state index is 10.9. The van der Waals surface area contributed by atoms with Gasteiger partial charge in [-0.25, -0.2) is 9.97 Å². The summed E-state index contributed by atoms with van der Waals surface area (Å²) in [6.45, 7) is 0.818. The Morgan fingerprint density at radius 2 is 2.41 bits per heavy atom. The Balaban J connectivity index is 1.98. The molecule has 1 N–H and O–H groups in total. The van der Waals surface area contributed by atoms with Gasteiger partial charge in [-0.1, -0.05) is 18.0 Å². The van der Waals surface area contributed by atoms with Crippen LogP contribution in [0.3, 0.4) is 0 Å². The van der Waals surface area contributed by atoms with Crippen LogP contribution in [0.5, 0.6) is 0 Å². The van der Waals surface area contributed by atoms with E-state index in [1.165, 1.54) is 31.3 Å². The number of halogens is 1. The summed E-state index contributed by atoms with van der Waals surface area (Å²) >= 11 is 7.80. The van der Waals surface area contributed by atoms with E-state index >= 15 is 0 Å². The van der Waals surface area contributed by atoms with Gasteiger partial charge in [-0.2, -0.15) is 11.8 Å². The highest BCUT2D eigenvalue weighted by atomic mass is 35.5. The summed E-state index contributed by atoms with van der Waals surface area (Å²) in [5.41, 5.74) is 0.343. The minimum atomic E-state index is 0.203. The summed E-state index contributed by atoms with van der Waals surface area (Å²) in [6, 6.07) is 0. The summed E-state index contributed by atoms with van der Waals surface area (Å²) < 4.78 is 0. The number of thioether (sulfide) groups is 1. The first kappa shape index (κ1) is 12.6. The van der Waals surface area contributed by atoms with Crippen molar-refractivity contribution in [2.75, 3.05) is 17.6 Å². The summed E-state index contributed by atoms with van der Waals surface area (Å²) in [6.07, 6.45) is 5.86. The van der Waals surface area contributed by atoms with Crippen molar-refractivity contribution in [1.82, 2.24) is 9.97 Å². The van der Waals surface area contributed by atoms with Crippen LogP contribution in [0.15, 0.2) is 6.33 Å². The SMILES string of the molecule is O=Cc1c(Cl)ncnc1NCC1CCCCS1. The zero-order chi connectivity index (χ0) is 12.1. The number of hydrogen-bond acceptors (Lipinski definition) is 5. The fraction of sp³-hybridized carbons (Fsp3) is 0.545. The third-order valence-corrected chi connectivity index (χ3v) is 4.42. The molecule has 1 fully saturated rings. The fourth-order valence-electron chi connectivity index (χ4n) is 1.80. The van der Waals surface area contributed by atoms with Gasteiger partial charge in [0.15, 0.2) is 6.29 Å². The van der Waals surface area contributed by atoms with Gasteiger partial charge in [0, 0.05) is 11.8 Å². The highest BCUT2D eigenvalue weighted by Gasteiger charge is 2.15. The molecule has 1 atom stereocenters. The third-order valence-electron chi connectivity index (χ3n) is 2.72. The molecule has 2 rings (SSSR count). The number of rotatable bonds is 4. The van der Waals surface area contributed by atoms with Gasteiger partial charge in [0.1, 0.15) is 17.3 Å². The van der Waals surface area contributed by atoms with Crippen molar-refractivity contribution in [3.05, 3.63) is 17.0 Å². The van der Waals surface area contributed by atoms with Gasteiger partial charge < -0.3 is 5.32 Å². The molecule has 0 saturated carbocycles. The molecule has 0 radical (unpaired) electrons. The van der Waals surface area contributed by atoms with Gasteiger partial charge in [0.05, 0.1) is 5.56 Å². The number of hydrogen-bond donors (Lipinski definition) is 1. The molecule has 6 heteroatoms. The number of aldehydes is 1. The van der Waals surface area contributed by atoms with Crippen molar-refractivity contribution in [3.8, 4) is 0 Å². The van der Waals surface area contributed by atoms with Gasteiger partial charge in [0.25, 0.3) is 0 Å². The standard InChI is InChI=1S/C11H14ClN3OS/c12-10-9(6-16)11(15-7-14-10)13-5-8-3-1-2-4-17-8/h6-8H,1-5H2,(H,13,14,15). The molecular formula is C11H14ClN3OS. The van der Waals surface area contributed by atoms with Crippen molar-refractivity contribution in [3.63, 3.8) is 0 Å². The van der Waals surface area contributed by atoms with Crippen molar-refractivity contribution >= 4 is 35.5 Å². The lowest BCUT2D eigenvalue weighted by Crippen LogP contribution is -2.21. The maximum Gasteiger partial charge on any atom is 0.156 e. The Kier molecular flexibility index (Phi) is 4.62. The normalized spacial score (nSPS) is 19.9.